The molecule has 1 aromatic heterocycles. The van der Waals surface area contributed by atoms with E-state index < -0.39 is 10.0 Å². The topological polar surface area (TPSA) is 55.4 Å². The molecule has 2 rings (SSSR count). The van der Waals surface area contributed by atoms with Crippen LogP contribution in [-0.2, 0) is 14.8 Å². The van der Waals surface area contributed by atoms with Crippen molar-refractivity contribution in [1.29, 1.82) is 0 Å². The van der Waals surface area contributed by atoms with Crippen LogP contribution < -0.4 is 4.72 Å². The molecule has 1 heterocycles. The Labute approximate surface area is 137 Å². The molecule has 20 heavy (non-hydrogen) atoms. The number of hydrogen-bond donors (Lipinski definition) is 1. The van der Waals surface area contributed by atoms with Gasteiger partial charge in [-0.2, -0.15) is 0 Å². The molecule has 1 aliphatic carbocycles. The van der Waals surface area contributed by atoms with Crippen LogP contribution in [-0.4, -0.2) is 27.2 Å². The third-order valence-electron chi connectivity index (χ3n) is 3.73. The lowest BCUT2D eigenvalue weighted by molar-refractivity contribution is -0.108. The van der Waals surface area contributed by atoms with E-state index in [0.717, 1.165) is 11.3 Å². The van der Waals surface area contributed by atoms with Gasteiger partial charge in [-0.3, -0.25) is 0 Å². The van der Waals surface area contributed by atoms with Gasteiger partial charge < -0.3 is 4.74 Å². The number of halogens is 2. The highest BCUT2D eigenvalue weighted by Gasteiger charge is 2.50. The predicted molar refractivity (Wildman–Crippen MR) is 85.0 cm³/mol. The molecule has 0 aliphatic heterocycles. The van der Waals surface area contributed by atoms with E-state index in [1.54, 1.807) is 0 Å². The summed E-state index contributed by atoms with van der Waals surface area (Å²) < 4.78 is 33.9. The van der Waals surface area contributed by atoms with E-state index in [-0.39, 0.29) is 21.8 Å². The van der Waals surface area contributed by atoms with E-state index in [0.29, 0.717) is 21.8 Å². The van der Waals surface area contributed by atoms with Crippen LogP contribution in [0.5, 0.6) is 0 Å². The van der Waals surface area contributed by atoms with Gasteiger partial charge in [0.2, 0.25) is 10.0 Å². The molecule has 0 radical (unpaired) electrons. The molecule has 1 aliphatic rings. The second-order valence-corrected chi connectivity index (χ2v) is 10.1. The molecule has 4 nitrogen and oxygen atoms in total. The summed E-state index contributed by atoms with van der Waals surface area (Å²) in [7, 11) is -3.53. The first kappa shape index (κ1) is 16.7. The molecule has 1 N–H and O–H groups in total. The van der Waals surface area contributed by atoms with Gasteiger partial charge in [-0.1, -0.05) is 25.4 Å². The Bertz CT molecular complexity index is 580. The molecule has 1 saturated carbocycles. The van der Waals surface area contributed by atoms with Crippen LogP contribution in [0.1, 0.15) is 27.2 Å². The lowest BCUT2D eigenvalue weighted by Crippen LogP contribution is -2.61. The molecule has 2 unspecified atom stereocenters. The zero-order valence-electron chi connectivity index (χ0n) is 11.4. The van der Waals surface area contributed by atoms with Gasteiger partial charge in [0.15, 0.2) is 0 Å². The molecule has 0 bridgehead atoms. The minimum Gasteiger partial charge on any atom is -0.378 e. The van der Waals surface area contributed by atoms with Crippen LogP contribution >= 0.6 is 38.9 Å². The largest absolute Gasteiger partial charge is 0.378 e. The number of hydrogen-bond acceptors (Lipinski definition) is 4. The van der Waals surface area contributed by atoms with Crippen LogP contribution in [0.15, 0.2) is 14.1 Å². The van der Waals surface area contributed by atoms with E-state index in [9.17, 15) is 8.42 Å². The fourth-order valence-corrected chi connectivity index (χ4v) is 6.09. The van der Waals surface area contributed by atoms with Crippen molar-refractivity contribution >= 4 is 48.9 Å². The molecule has 0 aromatic carbocycles. The Morgan fingerprint density at radius 1 is 1.60 bits per heavy atom. The van der Waals surface area contributed by atoms with E-state index in [1.807, 2.05) is 20.8 Å². The van der Waals surface area contributed by atoms with Crippen molar-refractivity contribution in [2.75, 3.05) is 6.61 Å². The smallest absolute Gasteiger partial charge is 0.250 e. The lowest BCUT2D eigenvalue weighted by atomic mass is 9.65. The Kier molecular flexibility index (Phi) is 4.89. The molecule has 0 saturated heterocycles. The van der Waals surface area contributed by atoms with Gasteiger partial charge in [0.25, 0.3) is 0 Å². The van der Waals surface area contributed by atoms with Gasteiger partial charge in [-0.25, -0.2) is 13.1 Å². The van der Waals surface area contributed by atoms with Crippen LogP contribution in [0.25, 0.3) is 0 Å². The molecule has 8 heteroatoms. The summed E-state index contributed by atoms with van der Waals surface area (Å²) in [5.41, 5.74) is -0.207. The molecule has 2 atom stereocenters. The maximum absolute atomic E-state index is 12.3. The maximum Gasteiger partial charge on any atom is 0.250 e. The second kappa shape index (κ2) is 5.85. The normalized spacial score (nSPS) is 25.4. The minimum atomic E-state index is -3.53. The van der Waals surface area contributed by atoms with Crippen molar-refractivity contribution in [1.82, 2.24) is 4.72 Å². The summed E-state index contributed by atoms with van der Waals surface area (Å²) in [4.78, 5) is 0. The van der Waals surface area contributed by atoms with Gasteiger partial charge in [0.1, 0.15) is 4.21 Å². The Balaban J connectivity index is 2.11. The van der Waals surface area contributed by atoms with E-state index in [2.05, 4.69) is 20.7 Å². The first-order chi connectivity index (χ1) is 9.18. The average molecular weight is 403 g/mol. The molecular weight excluding hydrogens is 386 g/mol. The first-order valence-corrected chi connectivity index (χ1v) is 9.74. The van der Waals surface area contributed by atoms with Crippen LogP contribution in [0.3, 0.4) is 0 Å². The van der Waals surface area contributed by atoms with Crippen LogP contribution in [0.2, 0.25) is 5.02 Å². The van der Waals surface area contributed by atoms with Crippen LogP contribution in [0.4, 0.5) is 0 Å². The summed E-state index contributed by atoms with van der Waals surface area (Å²) >= 11 is 10.2. The molecule has 0 spiro atoms. The quantitative estimate of drug-likeness (QED) is 0.818. The number of thiophene rings is 1. The lowest BCUT2D eigenvalue weighted by Gasteiger charge is -2.51. The van der Waals surface area contributed by atoms with Crippen molar-refractivity contribution in [3.05, 3.63) is 14.9 Å². The van der Waals surface area contributed by atoms with E-state index in [4.69, 9.17) is 16.3 Å². The summed E-state index contributed by atoms with van der Waals surface area (Å²) in [6.45, 7) is 6.61. The molecular formula is C12H17BrClNO3S2. The molecule has 0 amide bonds. The first-order valence-electron chi connectivity index (χ1n) is 6.27. The zero-order chi connectivity index (χ0) is 15.1. The molecule has 114 valence electrons. The van der Waals surface area contributed by atoms with Gasteiger partial charge in [0.05, 0.1) is 14.9 Å². The fourth-order valence-electron chi connectivity index (χ4n) is 2.27. The molecule has 1 fully saturated rings. The Morgan fingerprint density at radius 3 is 2.70 bits per heavy atom. The van der Waals surface area contributed by atoms with E-state index >= 15 is 0 Å². The fraction of sp³-hybridized carbons (Fsp3) is 0.667. The van der Waals surface area contributed by atoms with Crippen molar-refractivity contribution in [3.8, 4) is 0 Å². The predicted octanol–water partition coefficient (Wildman–Crippen LogP) is 3.65. The van der Waals surface area contributed by atoms with Crippen molar-refractivity contribution in [2.24, 2.45) is 5.41 Å². The summed E-state index contributed by atoms with van der Waals surface area (Å²) in [6.07, 6.45) is 0.791. The van der Waals surface area contributed by atoms with Crippen molar-refractivity contribution in [3.63, 3.8) is 0 Å². The van der Waals surface area contributed by atoms with Gasteiger partial charge >= 0.3 is 0 Å². The third-order valence-corrected chi connectivity index (χ3v) is 8.15. The van der Waals surface area contributed by atoms with Crippen molar-refractivity contribution < 1.29 is 13.2 Å². The van der Waals surface area contributed by atoms with Gasteiger partial charge in [-0.05, 0) is 35.3 Å². The van der Waals surface area contributed by atoms with Gasteiger partial charge in [0, 0.05) is 18.1 Å². The maximum atomic E-state index is 12.3. The monoisotopic (exact) mass is 401 g/mol. The zero-order valence-corrected chi connectivity index (χ0v) is 15.4. The number of nitrogens with one attached hydrogen (secondary N) is 1. The van der Waals surface area contributed by atoms with E-state index in [1.165, 1.54) is 6.07 Å². The summed E-state index contributed by atoms with van der Waals surface area (Å²) in [5.74, 6) is 0. The third kappa shape index (κ3) is 3.08. The minimum absolute atomic E-state index is 0.0962. The highest BCUT2D eigenvalue weighted by molar-refractivity contribution is 9.11. The van der Waals surface area contributed by atoms with Crippen molar-refractivity contribution in [2.45, 2.75) is 43.5 Å². The highest BCUT2D eigenvalue weighted by atomic mass is 79.9. The van der Waals surface area contributed by atoms with Gasteiger partial charge in [-0.15, -0.1) is 11.3 Å². The number of sulfonamides is 1. The summed E-state index contributed by atoms with van der Waals surface area (Å²) in [6, 6.07) is 1.34. The Morgan fingerprint density at radius 2 is 2.25 bits per heavy atom. The second-order valence-electron chi connectivity index (χ2n) is 5.36. The average Bonchev–Trinajstić information content (AvgIpc) is 2.69. The standard InChI is InChI=1S/C12H17BrClNO3S2/c1-4-18-9-6-8(12(9,2)3)15-20(16,17)10-5-7(14)11(13)19-10/h5,8-9,15H,4,6H2,1-3H3. The summed E-state index contributed by atoms with van der Waals surface area (Å²) in [5, 5.41) is 0.412. The van der Waals surface area contributed by atoms with Crippen LogP contribution in [0, 0.1) is 5.41 Å². The number of rotatable bonds is 5. The highest BCUT2D eigenvalue weighted by Crippen LogP contribution is 2.44. The number of ether oxygens (including phenoxy) is 1. The Hall–Kier alpha value is 0.340. The SMILES string of the molecule is CCOC1CC(NS(=O)(=O)c2cc(Cl)c(Br)s2)C1(C)C. The molecule has 1 aromatic rings.